The number of nitrogens with zero attached hydrogens (tertiary/aromatic N) is 1. The van der Waals surface area contributed by atoms with Crippen LogP contribution in [0.25, 0.3) is 10.9 Å². The molecule has 0 aliphatic rings. The summed E-state index contributed by atoms with van der Waals surface area (Å²) in [6.07, 6.45) is -0.481. The van der Waals surface area contributed by atoms with Crippen LogP contribution in [0.3, 0.4) is 0 Å². The van der Waals surface area contributed by atoms with Crippen molar-refractivity contribution in [3.8, 4) is 11.5 Å². The third-order valence-corrected chi connectivity index (χ3v) is 3.51. The first-order chi connectivity index (χ1) is 13.2. The first kappa shape index (κ1) is 21.5. The largest absolute Gasteiger partial charge is 0.493 e. The van der Waals surface area contributed by atoms with Crippen LogP contribution in [0.2, 0.25) is 0 Å². The number of ether oxygens (including phenoxy) is 4. The van der Waals surface area contributed by atoms with Gasteiger partial charge < -0.3 is 29.2 Å². The molecule has 1 heterocycles. The van der Waals surface area contributed by atoms with E-state index in [1.54, 1.807) is 39.8 Å². The van der Waals surface area contributed by atoms with E-state index >= 15 is 0 Å². The van der Waals surface area contributed by atoms with Gasteiger partial charge in [-0.15, -0.1) is 0 Å². The summed E-state index contributed by atoms with van der Waals surface area (Å²) < 4.78 is 21.5. The Morgan fingerprint density at radius 2 is 1.93 bits per heavy atom. The minimum Gasteiger partial charge on any atom is -0.493 e. The van der Waals surface area contributed by atoms with Crippen molar-refractivity contribution in [2.24, 2.45) is 0 Å². The lowest BCUT2D eigenvalue weighted by atomic mass is 10.2. The third kappa shape index (κ3) is 6.41. The van der Waals surface area contributed by atoms with Crippen LogP contribution in [-0.4, -0.2) is 55.1 Å². The van der Waals surface area contributed by atoms with Crippen LogP contribution in [-0.2, 0) is 9.47 Å². The molecular formula is C19H27N3O6. The second-order valence-electron chi connectivity index (χ2n) is 7.06. The van der Waals surface area contributed by atoms with E-state index in [4.69, 9.17) is 18.9 Å². The van der Waals surface area contributed by atoms with E-state index in [0.717, 1.165) is 0 Å². The molecule has 28 heavy (non-hydrogen) atoms. The Morgan fingerprint density at radius 3 is 2.61 bits per heavy atom. The number of aromatic amines is 1. The van der Waals surface area contributed by atoms with Gasteiger partial charge in [-0.1, -0.05) is 0 Å². The molecule has 9 heteroatoms. The molecule has 1 aromatic heterocycles. The summed E-state index contributed by atoms with van der Waals surface area (Å²) >= 11 is 0. The molecular weight excluding hydrogens is 366 g/mol. The molecule has 0 saturated heterocycles. The van der Waals surface area contributed by atoms with Crippen LogP contribution in [0.4, 0.5) is 4.79 Å². The Hall–Kier alpha value is -2.81. The van der Waals surface area contributed by atoms with Crippen LogP contribution < -0.4 is 20.3 Å². The number of carbonyl (C=O) groups excluding carboxylic acids is 1. The molecule has 0 aliphatic heterocycles. The quantitative estimate of drug-likeness (QED) is 0.661. The van der Waals surface area contributed by atoms with Gasteiger partial charge in [-0.2, -0.15) is 0 Å². The molecule has 1 amide bonds. The van der Waals surface area contributed by atoms with E-state index in [-0.39, 0.29) is 12.2 Å². The Labute approximate surface area is 163 Å². The zero-order chi connectivity index (χ0) is 20.7. The second kappa shape index (κ2) is 9.41. The van der Waals surface area contributed by atoms with Crippen LogP contribution >= 0.6 is 0 Å². The normalized spacial score (nSPS) is 11.3. The topological polar surface area (TPSA) is 112 Å². The van der Waals surface area contributed by atoms with Gasteiger partial charge in [0.05, 0.1) is 31.2 Å². The summed E-state index contributed by atoms with van der Waals surface area (Å²) in [5, 5.41) is 3.04. The summed E-state index contributed by atoms with van der Waals surface area (Å²) in [6, 6.07) is 3.27. The van der Waals surface area contributed by atoms with Crippen molar-refractivity contribution in [1.82, 2.24) is 15.3 Å². The molecule has 1 aromatic carbocycles. The molecule has 0 atom stereocenters. The maximum atomic E-state index is 12.0. The minimum atomic E-state index is -0.532. The molecule has 0 bridgehead atoms. The summed E-state index contributed by atoms with van der Waals surface area (Å²) in [5.74, 6) is 1.44. The molecule has 0 unspecified atom stereocenters. The summed E-state index contributed by atoms with van der Waals surface area (Å²) in [4.78, 5) is 30.5. The molecule has 9 nitrogen and oxygen atoms in total. The fourth-order valence-corrected chi connectivity index (χ4v) is 2.39. The van der Waals surface area contributed by atoms with Gasteiger partial charge in [0.25, 0.3) is 5.56 Å². The fraction of sp³-hybridized carbons (Fsp3) is 0.526. The Morgan fingerprint density at radius 1 is 1.18 bits per heavy atom. The van der Waals surface area contributed by atoms with Crippen molar-refractivity contribution in [2.75, 3.05) is 33.5 Å². The molecule has 0 spiro atoms. The number of H-pyrrole nitrogens is 1. The summed E-state index contributed by atoms with van der Waals surface area (Å²) in [5.41, 5.74) is -0.233. The number of benzene rings is 1. The van der Waals surface area contributed by atoms with Gasteiger partial charge in [-0.3, -0.25) is 4.79 Å². The number of alkyl carbamates (subject to hydrolysis) is 1. The first-order valence-corrected chi connectivity index (χ1v) is 8.95. The molecule has 2 rings (SSSR count). The monoisotopic (exact) mass is 393 g/mol. The molecule has 0 saturated carbocycles. The van der Waals surface area contributed by atoms with Gasteiger partial charge >= 0.3 is 6.09 Å². The van der Waals surface area contributed by atoms with Crippen molar-refractivity contribution < 1.29 is 23.7 Å². The van der Waals surface area contributed by atoms with Gasteiger partial charge in [0, 0.05) is 12.6 Å². The first-order valence-electron chi connectivity index (χ1n) is 8.95. The predicted octanol–water partition coefficient (Wildman–Crippen LogP) is 2.16. The van der Waals surface area contributed by atoms with Crippen LogP contribution in [0.1, 0.15) is 26.6 Å². The molecule has 0 radical (unpaired) electrons. The van der Waals surface area contributed by atoms with Gasteiger partial charge in [-0.05, 0) is 33.8 Å². The van der Waals surface area contributed by atoms with E-state index in [2.05, 4.69) is 15.3 Å². The van der Waals surface area contributed by atoms with Gasteiger partial charge in [0.2, 0.25) is 0 Å². The lowest BCUT2D eigenvalue weighted by Crippen LogP contribution is -2.34. The van der Waals surface area contributed by atoms with E-state index in [9.17, 15) is 9.59 Å². The zero-order valence-electron chi connectivity index (χ0n) is 16.9. The lowest BCUT2D eigenvalue weighted by Gasteiger charge is -2.19. The van der Waals surface area contributed by atoms with Crippen LogP contribution in [0.5, 0.6) is 11.5 Å². The Bertz CT molecular complexity index is 872. The van der Waals surface area contributed by atoms with Gasteiger partial charge in [-0.25, -0.2) is 9.78 Å². The number of rotatable bonds is 8. The number of aromatic nitrogens is 2. The number of nitrogens with one attached hydrogen (secondary N) is 2. The average Bonchev–Trinajstić information content (AvgIpc) is 2.58. The fourth-order valence-electron chi connectivity index (χ4n) is 2.39. The van der Waals surface area contributed by atoms with E-state index in [0.29, 0.717) is 48.0 Å². The van der Waals surface area contributed by atoms with Gasteiger partial charge in [0.1, 0.15) is 18.0 Å². The zero-order valence-corrected chi connectivity index (χ0v) is 16.9. The molecule has 0 aliphatic carbocycles. The highest BCUT2D eigenvalue weighted by atomic mass is 16.6. The number of amides is 1. The maximum Gasteiger partial charge on any atom is 0.407 e. The number of aryl methyl sites for hydroxylation is 1. The number of methoxy groups -OCH3 is 1. The molecule has 0 fully saturated rings. The Balaban J connectivity index is 1.81. The third-order valence-electron chi connectivity index (χ3n) is 3.51. The number of fused-ring (bicyclic) bond motifs is 1. The van der Waals surface area contributed by atoms with Crippen molar-refractivity contribution >= 4 is 17.0 Å². The smallest absolute Gasteiger partial charge is 0.407 e. The maximum absolute atomic E-state index is 12.0. The van der Waals surface area contributed by atoms with Crippen LogP contribution in [0, 0.1) is 6.92 Å². The molecule has 154 valence electrons. The highest BCUT2D eigenvalue weighted by Crippen LogP contribution is 2.30. The van der Waals surface area contributed by atoms with E-state index in [1.807, 2.05) is 0 Å². The van der Waals surface area contributed by atoms with Crippen LogP contribution in [0.15, 0.2) is 16.9 Å². The minimum absolute atomic E-state index is 0.229. The van der Waals surface area contributed by atoms with Crippen molar-refractivity contribution in [1.29, 1.82) is 0 Å². The van der Waals surface area contributed by atoms with E-state index in [1.165, 1.54) is 7.11 Å². The van der Waals surface area contributed by atoms with Crippen molar-refractivity contribution in [3.63, 3.8) is 0 Å². The Kier molecular flexibility index (Phi) is 7.22. The van der Waals surface area contributed by atoms with Gasteiger partial charge in [0.15, 0.2) is 11.5 Å². The second-order valence-corrected chi connectivity index (χ2v) is 7.06. The number of hydrogen-bond acceptors (Lipinski definition) is 7. The predicted molar refractivity (Wildman–Crippen MR) is 104 cm³/mol. The van der Waals surface area contributed by atoms with E-state index < -0.39 is 11.7 Å². The molecule has 2 N–H and O–H groups in total. The summed E-state index contributed by atoms with van der Waals surface area (Å²) in [7, 11) is 1.50. The molecule has 2 aromatic rings. The number of carbonyl (C=O) groups is 1. The van der Waals surface area contributed by atoms with Crippen molar-refractivity contribution in [3.05, 3.63) is 28.3 Å². The SMILES string of the molecule is COc1cc2c(=O)[nH]c(C)nc2cc1OCCOCCNC(=O)OC(C)(C)C. The summed E-state index contributed by atoms with van der Waals surface area (Å²) in [6.45, 7) is 8.37. The highest BCUT2D eigenvalue weighted by Gasteiger charge is 2.15. The highest BCUT2D eigenvalue weighted by molar-refractivity contribution is 5.81. The number of hydrogen-bond donors (Lipinski definition) is 2. The average molecular weight is 393 g/mol. The standard InChI is InChI=1S/C19H27N3O6/c1-12-21-14-11-16(15(25-5)10-13(14)17(23)22-12)27-9-8-26-7-6-20-18(24)28-19(2,3)4/h10-11H,6-9H2,1-5H3,(H,20,24)(H,21,22,23). The lowest BCUT2D eigenvalue weighted by molar-refractivity contribution is 0.0488. The van der Waals surface area contributed by atoms with Crippen molar-refractivity contribution in [2.45, 2.75) is 33.3 Å².